The lowest BCUT2D eigenvalue weighted by Gasteiger charge is -2.33. The summed E-state index contributed by atoms with van der Waals surface area (Å²) < 4.78 is 5.17. The minimum Gasteiger partial charge on any atom is -0.309 e. The Morgan fingerprint density at radius 1 is 1.42 bits per heavy atom. The van der Waals surface area contributed by atoms with Crippen molar-refractivity contribution in [2.75, 3.05) is 6.54 Å². The van der Waals surface area contributed by atoms with Gasteiger partial charge in [0.2, 0.25) is 0 Å². The fraction of sp³-hybridized carbons (Fsp3) is 0.429. The fourth-order valence-electron chi connectivity index (χ4n) is 2.66. The van der Waals surface area contributed by atoms with Crippen LogP contribution in [0.5, 0.6) is 0 Å². The summed E-state index contributed by atoms with van der Waals surface area (Å²) >= 11 is 3.36. The molecule has 1 aromatic heterocycles. The minimum absolute atomic E-state index is 0.420. The molecule has 0 spiro atoms. The van der Waals surface area contributed by atoms with E-state index in [4.69, 9.17) is 0 Å². The number of aromatic nitrogens is 2. The second-order valence-corrected chi connectivity index (χ2v) is 6.90. The van der Waals surface area contributed by atoms with Gasteiger partial charge in [-0.2, -0.15) is 4.37 Å². The maximum Gasteiger partial charge on any atom is 0.170 e. The molecule has 0 saturated carbocycles. The molecule has 1 heterocycles. The molecule has 0 fully saturated rings. The molecule has 3 rings (SSSR count). The molecule has 0 aliphatic heterocycles. The van der Waals surface area contributed by atoms with Crippen molar-refractivity contribution in [3.05, 3.63) is 41.7 Å². The summed E-state index contributed by atoms with van der Waals surface area (Å²) in [6, 6.07) is 9.21. The summed E-state index contributed by atoms with van der Waals surface area (Å²) in [5, 5.41) is 4.18. The fourth-order valence-corrected chi connectivity index (χ4v) is 4.59. The zero-order valence-electron chi connectivity index (χ0n) is 10.9. The van der Waals surface area contributed by atoms with Crippen molar-refractivity contribution < 1.29 is 0 Å². The van der Waals surface area contributed by atoms with Crippen LogP contribution in [-0.4, -0.2) is 21.2 Å². The van der Waals surface area contributed by atoms with Gasteiger partial charge in [-0.3, -0.25) is 0 Å². The molecule has 3 nitrogen and oxygen atoms in total. The number of rotatable bonds is 4. The van der Waals surface area contributed by atoms with E-state index in [0.717, 1.165) is 17.3 Å². The number of benzene rings is 1. The topological polar surface area (TPSA) is 37.8 Å². The standard InChI is InChI=1S/C14H17N3S2/c1-2-15-13-11-6-4-3-5-10(11)7-8-12(13)18-14-16-9-17-19-14/h3-6,9,12-13,15H,2,7-8H2,1H3. The summed E-state index contributed by atoms with van der Waals surface area (Å²) in [5.74, 6) is 0. The zero-order chi connectivity index (χ0) is 13.1. The summed E-state index contributed by atoms with van der Waals surface area (Å²) in [6.07, 6.45) is 4.00. The Morgan fingerprint density at radius 3 is 3.11 bits per heavy atom. The number of nitrogens with zero attached hydrogens (tertiary/aromatic N) is 2. The van der Waals surface area contributed by atoms with Crippen molar-refractivity contribution in [2.45, 2.75) is 35.4 Å². The summed E-state index contributed by atoms with van der Waals surface area (Å²) in [7, 11) is 0. The normalized spacial score (nSPS) is 22.2. The van der Waals surface area contributed by atoms with E-state index in [0.29, 0.717) is 11.3 Å². The van der Waals surface area contributed by atoms with Crippen LogP contribution >= 0.6 is 23.3 Å². The van der Waals surface area contributed by atoms with Gasteiger partial charge in [-0.25, -0.2) is 4.98 Å². The summed E-state index contributed by atoms with van der Waals surface area (Å²) in [6.45, 7) is 3.16. The first-order valence-electron chi connectivity index (χ1n) is 6.63. The van der Waals surface area contributed by atoms with Gasteiger partial charge in [0.25, 0.3) is 0 Å². The van der Waals surface area contributed by atoms with Crippen LogP contribution in [0.15, 0.2) is 34.9 Å². The van der Waals surface area contributed by atoms with Crippen LogP contribution in [0, 0.1) is 0 Å². The van der Waals surface area contributed by atoms with E-state index in [-0.39, 0.29) is 0 Å². The molecule has 100 valence electrons. The third kappa shape index (κ3) is 2.83. The van der Waals surface area contributed by atoms with Crippen molar-refractivity contribution >= 4 is 23.3 Å². The number of hydrogen-bond acceptors (Lipinski definition) is 5. The van der Waals surface area contributed by atoms with Gasteiger partial charge in [-0.1, -0.05) is 43.0 Å². The molecule has 2 aromatic rings. The highest BCUT2D eigenvalue weighted by Crippen LogP contribution is 2.40. The van der Waals surface area contributed by atoms with Gasteiger partial charge in [0, 0.05) is 11.3 Å². The molecule has 0 amide bonds. The molecular weight excluding hydrogens is 274 g/mol. The molecule has 0 saturated heterocycles. The number of thioether (sulfide) groups is 1. The van der Waals surface area contributed by atoms with Crippen molar-refractivity contribution in [1.29, 1.82) is 0 Å². The highest BCUT2D eigenvalue weighted by atomic mass is 32.2. The highest BCUT2D eigenvalue weighted by Gasteiger charge is 2.30. The lowest BCUT2D eigenvalue weighted by atomic mass is 9.87. The van der Waals surface area contributed by atoms with Gasteiger partial charge in [-0.05, 0) is 42.0 Å². The summed E-state index contributed by atoms with van der Waals surface area (Å²) in [4.78, 5) is 4.30. The number of hydrogen-bond donors (Lipinski definition) is 1. The lowest BCUT2D eigenvalue weighted by molar-refractivity contribution is 0.484. The molecule has 0 bridgehead atoms. The lowest BCUT2D eigenvalue weighted by Crippen LogP contribution is -2.34. The molecule has 1 N–H and O–H groups in total. The molecule has 2 atom stereocenters. The van der Waals surface area contributed by atoms with E-state index in [1.54, 1.807) is 6.33 Å². The van der Waals surface area contributed by atoms with E-state index in [9.17, 15) is 0 Å². The second kappa shape index (κ2) is 6.03. The Labute approximate surface area is 122 Å². The van der Waals surface area contributed by atoms with Crippen molar-refractivity contribution in [2.24, 2.45) is 0 Å². The average Bonchev–Trinajstić information content (AvgIpc) is 2.94. The van der Waals surface area contributed by atoms with E-state index >= 15 is 0 Å². The van der Waals surface area contributed by atoms with Crippen LogP contribution in [-0.2, 0) is 6.42 Å². The van der Waals surface area contributed by atoms with E-state index in [1.165, 1.54) is 29.1 Å². The van der Waals surface area contributed by atoms with Gasteiger partial charge in [0.15, 0.2) is 4.34 Å². The Kier molecular flexibility index (Phi) is 4.15. The third-order valence-electron chi connectivity index (χ3n) is 3.48. The zero-order valence-corrected chi connectivity index (χ0v) is 12.5. The van der Waals surface area contributed by atoms with Gasteiger partial charge in [0.1, 0.15) is 6.33 Å². The van der Waals surface area contributed by atoms with Crippen LogP contribution in [0.1, 0.15) is 30.5 Å². The molecule has 2 unspecified atom stereocenters. The molecule has 5 heteroatoms. The van der Waals surface area contributed by atoms with E-state index in [1.807, 2.05) is 11.8 Å². The number of nitrogens with one attached hydrogen (secondary N) is 1. The Hall–Kier alpha value is -0.910. The Balaban J connectivity index is 1.85. The largest absolute Gasteiger partial charge is 0.309 e. The maximum absolute atomic E-state index is 4.30. The molecule has 0 radical (unpaired) electrons. The maximum atomic E-state index is 4.30. The van der Waals surface area contributed by atoms with Crippen molar-refractivity contribution in [3.63, 3.8) is 0 Å². The first kappa shape index (κ1) is 13.1. The first-order valence-corrected chi connectivity index (χ1v) is 8.28. The first-order chi connectivity index (χ1) is 9.38. The Morgan fingerprint density at radius 2 is 2.32 bits per heavy atom. The van der Waals surface area contributed by atoms with Crippen molar-refractivity contribution in [1.82, 2.24) is 14.7 Å². The molecule has 1 aliphatic carbocycles. The predicted octanol–water partition coefficient (Wildman–Crippen LogP) is 3.30. The third-order valence-corrected chi connectivity index (χ3v) is 5.57. The van der Waals surface area contributed by atoms with E-state index in [2.05, 4.69) is 45.9 Å². The smallest absolute Gasteiger partial charge is 0.170 e. The van der Waals surface area contributed by atoms with Gasteiger partial charge < -0.3 is 5.32 Å². The van der Waals surface area contributed by atoms with Gasteiger partial charge >= 0.3 is 0 Å². The molecular formula is C14H17N3S2. The average molecular weight is 291 g/mol. The quantitative estimate of drug-likeness (QED) is 0.938. The van der Waals surface area contributed by atoms with Crippen LogP contribution in [0.3, 0.4) is 0 Å². The molecule has 19 heavy (non-hydrogen) atoms. The van der Waals surface area contributed by atoms with Crippen LogP contribution in [0.25, 0.3) is 0 Å². The van der Waals surface area contributed by atoms with Crippen molar-refractivity contribution in [3.8, 4) is 0 Å². The second-order valence-electron chi connectivity index (χ2n) is 4.64. The summed E-state index contributed by atoms with van der Waals surface area (Å²) in [5.41, 5.74) is 2.94. The van der Waals surface area contributed by atoms with Gasteiger partial charge in [0.05, 0.1) is 0 Å². The van der Waals surface area contributed by atoms with Crippen LogP contribution in [0.4, 0.5) is 0 Å². The van der Waals surface area contributed by atoms with Crippen LogP contribution < -0.4 is 5.32 Å². The van der Waals surface area contributed by atoms with Gasteiger partial charge in [-0.15, -0.1) is 0 Å². The monoisotopic (exact) mass is 291 g/mol. The predicted molar refractivity (Wildman–Crippen MR) is 80.7 cm³/mol. The minimum atomic E-state index is 0.420. The SMILES string of the molecule is CCNC1c2ccccc2CCC1Sc1ncns1. The van der Waals surface area contributed by atoms with E-state index < -0.39 is 0 Å². The Bertz CT molecular complexity index is 527. The molecule has 1 aliphatic rings. The number of fused-ring (bicyclic) bond motifs is 1. The molecule has 1 aromatic carbocycles. The highest BCUT2D eigenvalue weighted by molar-refractivity contribution is 8.01. The van der Waals surface area contributed by atoms with Crippen LogP contribution in [0.2, 0.25) is 0 Å². The number of aryl methyl sites for hydroxylation is 1.